The van der Waals surface area contributed by atoms with Crippen molar-refractivity contribution in [1.82, 2.24) is 4.98 Å². The molecule has 1 amide bonds. The van der Waals surface area contributed by atoms with Crippen LogP contribution < -0.4 is 5.32 Å². The van der Waals surface area contributed by atoms with Crippen LogP contribution in [0.5, 0.6) is 0 Å². The van der Waals surface area contributed by atoms with Gasteiger partial charge in [0.15, 0.2) is 0 Å². The van der Waals surface area contributed by atoms with E-state index in [1.807, 2.05) is 0 Å². The summed E-state index contributed by atoms with van der Waals surface area (Å²) in [6, 6.07) is 5.77. The fraction of sp³-hybridized carbons (Fsp3) is 0. The molecule has 1 N–H and O–H groups in total. The Bertz CT molecular complexity index is 586. The zero-order chi connectivity index (χ0) is 13.1. The maximum absolute atomic E-state index is 13.5. The van der Waals surface area contributed by atoms with E-state index in [4.69, 9.17) is 11.6 Å². The van der Waals surface area contributed by atoms with E-state index in [0.29, 0.717) is 10.0 Å². The van der Waals surface area contributed by atoms with Crippen LogP contribution in [-0.2, 0) is 0 Å². The molecule has 0 aliphatic rings. The third kappa shape index (κ3) is 2.86. The van der Waals surface area contributed by atoms with Crippen LogP contribution in [0.4, 0.5) is 10.1 Å². The summed E-state index contributed by atoms with van der Waals surface area (Å²) >= 11 is 9.01. The minimum absolute atomic E-state index is 0.0378. The molecule has 6 heteroatoms. The fourth-order valence-corrected chi connectivity index (χ4v) is 1.91. The average molecular weight is 330 g/mol. The molecule has 0 spiro atoms. The molecule has 3 nitrogen and oxygen atoms in total. The number of carbonyl (C=O) groups excluding carboxylic acids is 1. The second kappa shape index (κ2) is 5.46. The maximum Gasteiger partial charge on any atom is 0.257 e. The molecule has 0 atom stereocenters. The van der Waals surface area contributed by atoms with Gasteiger partial charge in [-0.15, -0.1) is 0 Å². The van der Waals surface area contributed by atoms with Crippen molar-refractivity contribution >= 4 is 39.1 Å². The minimum atomic E-state index is -0.584. The average Bonchev–Trinajstić information content (AvgIpc) is 2.34. The summed E-state index contributed by atoms with van der Waals surface area (Å²) in [6.45, 7) is 0. The van der Waals surface area contributed by atoms with E-state index < -0.39 is 11.7 Å². The largest absolute Gasteiger partial charge is 0.318 e. The van der Waals surface area contributed by atoms with Gasteiger partial charge in [0.2, 0.25) is 0 Å². The van der Waals surface area contributed by atoms with Crippen LogP contribution in [0.2, 0.25) is 5.02 Å². The number of nitrogens with zero attached hydrogens (tertiary/aromatic N) is 1. The summed E-state index contributed by atoms with van der Waals surface area (Å²) in [5, 5.41) is 2.56. The molecule has 18 heavy (non-hydrogen) atoms. The first-order valence-corrected chi connectivity index (χ1v) is 6.11. The number of hydrogen-bond donors (Lipinski definition) is 1. The molecule has 0 saturated heterocycles. The van der Waals surface area contributed by atoms with Gasteiger partial charge in [-0.3, -0.25) is 9.78 Å². The number of aromatic nitrogens is 1. The quantitative estimate of drug-likeness (QED) is 0.908. The van der Waals surface area contributed by atoms with E-state index in [2.05, 4.69) is 26.2 Å². The summed E-state index contributed by atoms with van der Waals surface area (Å²) in [5.41, 5.74) is 0.271. The van der Waals surface area contributed by atoms with Crippen molar-refractivity contribution in [3.8, 4) is 0 Å². The van der Waals surface area contributed by atoms with Crippen LogP contribution in [0, 0.1) is 5.82 Å². The summed E-state index contributed by atoms with van der Waals surface area (Å²) in [7, 11) is 0. The Labute approximate surface area is 116 Å². The topological polar surface area (TPSA) is 42.0 Å². The van der Waals surface area contributed by atoms with Gasteiger partial charge in [0.05, 0.1) is 16.3 Å². The van der Waals surface area contributed by atoms with Crippen LogP contribution in [-0.4, -0.2) is 10.9 Å². The zero-order valence-electron chi connectivity index (χ0n) is 8.95. The second-order valence-corrected chi connectivity index (χ2v) is 4.77. The molecule has 92 valence electrons. The van der Waals surface area contributed by atoms with Crippen LogP contribution in [0.1, 0.15) is 10.4 Å². The number of benzene rings is 1. The van der Waals surface area contributed by atoms with Gasteiger partial charge in [0.1, 0.15) is 5.82 Å². The predicted molar refractivity (Wildman–Crippen MR) is 71.3 cm³/mol. The molecule has 0 bridgehead atoms. The van der Waals surface area contributed by atoms with Crippen LogP contribution in [0.25, 0.3) is 0 Å². The fourth-order valence-electron chi connectivity index (χ4n) is 1.34. The molecule has 2 rings (SSSR count). The zero-order valence-corrected chi connectivity index (χ0v) is 11.3. The molecule has 0 aliphatic heterocycles. The SMILES string of the molecule is O=C(Nc1c(F)cccc1Cl)c1cncc(Br)c1. The van der Waals surface area contributed by atoms with Gasteiger partial charge in [0, 0.05) is 16.9 Å². The molecule has 0 radical (unpaired) electrons. The number of nitrogens with one attached hydrogen (secondary N) is 1. The first kappa shape index (κ1) is 13.0. The van der Waals surface area contributed by atoms with E-state index in [1.54, 1.807) is 12.3 Å². The lowest BCUT2D eigenvalue weighted by atomic mass is 10.2. The third-order valence-corrected chi connectivity index (χ3v) is 2.92. The molecule has 2 aromatic rings. The molecule has 0 saturated carbocycles. The highest BCUT2D eigenvalue weighted by molar-refractivity contribution is 9.10. The number of halogens is 3. The van der Waals surface area contributed by atoms with Crippen LogP contribution in [0.3, 0.4) is 0 Å². The van der Waals surface area contributed by atoms with E-state index >= 15 is 0 Å². The lowest BCUT2D eigenvalue weighted by Crippen LogP contribution is -2.13. The predicted octanol–water partition coefficient (Wildman–Crippen LogP) is 3.89. The summed E-state index contributed by atoms with van der Waals surface area (Å²) in [6.07, 6.45) is 2.93. The van der Waals surface area contributed by atoms with Crippen LogP contribution in [0.15, 0.2) is 41.1 Å². The number of rotatable bonds is 2. The number of hydrogen-bond acceptors (Lipinski definition) is 2. The third-order valence-electron chi connectivity index (χ3n) is 2.17. The molecule has 1 aromatic carbocycles. The Morgan fingerprint density at radius 1 is 1.39 bits per heavy atom. The number of pyridine rings is 1. The smallest absolute Gasteiger partial charge is 0.257 e. The molecule has 0 unspecified atom stereocenters. The molecule has 1 aromatic heterocycles. The van der Waals surface area contributed by atoms with Gasteiger partial charge in [0.25, 0.3) is 5.91 Å². The highest BCUT2D eigenvalue weighted by Crippen LogP contribution is 2.25. The number of para-hydroxylation sites is 1. The molecule has 0 fully saturated rings. The van der Waals surface area contributed by atoms with Crippen molar-refractivity contribution in [2.24, 2.45) is 0 Å². The van der Waals surface area contributed by atoms with Gasteiger partial charge in [-0.05, 0) is 34.1 Å². The highest BCUT2D eigenvalue weighted by atomic mass is 79.9. The summed E-state index contributed by atoms with van der Waals surface area (Å²) in [5.74, 6) is -1.06. The van der Waals surface area contributed by atoms with Crippen LogP contribution >= 0.6 is 27.5 Å². The summed E-state index contributed by atoms with van der Waals surface area (Å²) in [4.78, 5) is 15.7. The van der Waals surface area contributed by atoms with Crippen molar-refractivity contribution in [2.45, 2.75) is 0 Å². The van der Waals surface area contributed by atoms with Gasteiger partial charge in [-0.2, -0.15) is 0 Å². The summed E-state index contributed by atoms with van der Waals surface area (Å²) < 4.78 is 14.1. The van der Waals surface area contributed by atoms with E-state index in [-0.39, 0.29) is 10.7 Å². The van der Waals surface area contributed by atoms with Gasteiger partial charge >= 0.3 is 0 Å². The molecular weight excluding hydrogens is 322 g/mol. The van der Waals surface area contributed by atoms with Crippen molar-refractivity contribution in [3.05, 3.63) is 57.5 Å². The monoisotopic (exact) mass is 328 g/mol. The Kier molecular flexibility index (Phi) is 3.93. The lowest BCUT2D eigenvalue weighted by Gasteiger charge is -2.08. The van der Waals surface area contributed by atoms with E-state index in [1.165, 1.54) is 24.4 Å². The normalized spacial score (nSPS) is 10.2. The van der Waals surface area contributed by atoms with Crippen molar-refractivity contribution in [3.63, 3.8) is 0 Å². The van der Waals surface area contributed by atoms with Crippen molar-refractivity contribution in [1.29, 1.82) is 0 Å². The van der Waals surface area contributed by atoms with Gasteiger partial charge in [-0.1, -0.05) is 17.7 Å². The Hall–Kier alpha value is -1.46. The Morgan fingerprint density at radius 2 is 2.17 bits per heavy atom. The van der Waals surface area contributed by atoms with Crippen molar-refractivity contribution in [2.75, 3.05) is 5.32 Å². The number of anilines is 1. The molecule has 0 aliphatic carbocycles. The molecule has 1 heterocycles. The standard InChI is InChI=1S/C12H7BrClFN2O/c13-8-4-7(5-16-6-8)12(18)17-11-9(14)2-1-3-10(11)15/h1-6H,(H,17,18). The Balaban J connectivity index is 2.27. The number of carbonyl (C=O) groups is 1. The van der Waals surface area contributed by atoms with E-state index in [9.17, 15) is 9.18 Å². The minimum Gasteiger partial charge on any atom is -0.318 e. The Morgan fingerprint density at radius 3 is 2.83 bits per heavy atom. The number of amides is 1. The first-order chi connectivity index (χ1) is 8.58. The van der Waals surface area contributed by atoms with Crippen molar-refractivity contribution < 1.29 is 9.18 Å². The lowest BCUT2D eigenvalue weighted by molar-refractivity contribution is 0.102. The maximum atomic E-state index is 13.5. The second-order valence-electron chi connectivity index (χ2n) is 3.44. The van der Waals surface area contributed by atoms with Gasteiger partial charge in [-0.25, -0.2) is 4.39 Å². The van der Waals surface area contributed by atoms with Gasteiger partial charge < -0.3 is 5.32 Å². The highest BCUT2D eigenvalue weighted by Gasteiger charge is 2.12. The van der Waals surface area contributed by atoms with E-state index in [0.717, 1.165) is 0 Å². The molecular formula is C12H7BrClFN2O. The first-order valence-electron chi connectivity index (χ1n) is 4.94.